The van der Waals surface area contributed by atoms with Gasteiger partial charge in [-0.1, -0.05) is 34.6 Å². The van der Waals surface area contributed by atoms with Crippen molar-refractivity contribution in [1.82, 2.24) is 0 Å². The predicted octanol–water partition coefficient (Wildman–Crippen LogP) is 5.42. The van der Waals surface area contributed by atoms with E-state index in [1.54, 1.807) is 0 Å². The summed E-state index contributed by atoms with van der Waals surface area (Å²) < 4.78 is 0. The molecule has 16 heavy (non-hydrogen) atoms. The first kappa shape index (κ1) is 12.5. The Hall–Kier alpha value is 0. The molecule has 1 spiro atoms. The van der Waals surface area contributed by atoms with Crippen LogP contribution in [0, 0.1) is 22.2 Å². The number of rotatable bonds is 1. The van der Waals surface area contributed by atoms with Gasteiger partial charge in [-0.15, -0.1) is 0 Å². The maximum absolute atomic E-state index is 2.52. The summed E-state index contributed by atoms with van der Waals surface area (Å²) in [5.41, 5.74) is 2.02. The van der Waals surface area contributed by atoms with Crippen molar-refractivity contribution >= 4 is 0 Å². The highest BCUT2D eigenvalue weighted by molar-refractivity contribution is 4.98. The second kappa shape index (κ2) is 3.75. The molecular weight excluding hydrogens is 192 g/mol. The highest BCUT2D eigenvalue weighted by atomic mass is 14.5. The highest BCUT2D eigenvalue weighted by Gasteiger charge is 2.47. The lowest BCUT2D eigenvalue weighted by atomic mass is 9.59. The molecule has 2 saturated carbocycles. The molecule has 0 aromatic rings. The van der Waals surface area contributed by atoms with E-state index in [2.05, 4.69) is 34.6 Å². The van der Waals surface area contributed by atoms with E-state index in [1.807, 2.05) is 0 Å². The molecule has 0 saturated heterocycles. The van der Waals surface area contributed by atoms with Gasteiger partial charge in [-0.05, 0) is 67.1 Å². The van der Waals surface area contributed by atoms with Gasteiger partial charge in [0.05, 0.1) is 0 Å². The third kappa shape index (κ3) is 2.17. The van der Waals surface area contributed by atoms with Gasteiger partial charge in [0.1, 0.15) is 0 Å². The lowest BCUT2D eigenvalue weighted by molar-refractivity contribution is 0.0518. The van der Waals surface area contributed by atoms with Crippen molar-refractivity contribution in [2.45, 2.75) is 79.6 Å². The zero-order valence-electron chi connectivity index (χ0n) is 12.0. The van der Waals surface area contributed by atoms with Crippen LogP contribution in [0.15, 0.2) is 0 Å². The van der Waals surface area contributed by atoms with E-state index in [0.29, 0.717) is 10.8 Å². The standard InChI is InChI=1S/C16H30/c1-13(2)15(5)7-10-16(11-8-15)9-6-14(3,4)12-16/h13H,6-12H2,1-5H3. The summed E-state index contributed by atoms with van der Waals surface area (Å²) >= 11 is 0. The van der Waals surface area contributed by atoms with Gasteiger partial charge in [-0.2, -0.15) is 0 Å². The summed E-state index contributed by atoms with van der Waals surface area (Å²) in [5.74, 6) is 0.860. The largest absolute Gasteiger partial charge is 0.0623 e. The molecule has 0 bridgehead atoms. The SMILES string of the molecule is CC(C)C1(C)CCC2(CCC(C)(C)C2)CC1. The first-order chi connectivity index (χ1) is 7.27. The van der Waals surface area contributed by atoms with Crippen LogP contribution in [-0.2, 0) is 0 Å². The van der Waals surface area contributed by atoms with Crippen LogP contribution in [0.5, 0.6) is 0 Å². The molecule has 2 aliphatic rings. The van der Waals surface area contributed by atoms with Crippen LogP contribution in [0.25, 0.3) is 0 Å². The van der Waals surface area contributed by atoms with E-state index in [-0.39, 0.29) is 0 Å². The van der Waals surface area contributed by atoms with E-state index < -0.39 is 0 Å². The van der Waals surface area contributed by atoms with Crippen LogP contribution >= 0.6 is 0 Å². The zero-order valence-corrected chi connectivity index (χ0v) is 12.0. The third-order valence-corrected chi connectivity index (χ3v) is 6.03. The van der Waals surface area contributed by atoms with Crippen molar-refractivity contribution in [3.8, 4) is 0 Å². The minimum Gasteiger partial charge on any atom is -0.0623 e. The van der Waals surface area contributed by atoms with Crippen LogP contribution < -0.4 is 0 Å². The quantitative estimate of drug-likeness (QED) is 0.556. The van der Waals surface area contributed by atoms with E-state index in [9.17, 15) is 0 Å². The maximum Gasteiger partial charge on any atom is -0.0292 e. The molecule has 0 aromatic heterocycles. The normalized spacial score (nSPS) is 43.1. The minimum absolute atomic E-state index is 0.631. The second-order valence-corrected chi connectivity index (χ2v) is 8.15. The molecular formula is C16H30. The van der Waals surface area contributed by atoms with Crippen LogP contribution in [0.2, 0.25) is 0 Å². The molecule has 0 nitrogen and oxygen atoms in total. The Balaban J connectivity index is 2.00. The second-order valence-electron chi connectivity index (χ2n) is 8.15. The highest BCUT2D eigenvalue weighted by Crippen LogP contribution is 2.59. The molecule has 2 rings (SSSR count). The predicted molar refractivity (Wildman–Crippen MR) is 71.5 cm³/mol. The lowest BCUT2D eigenvalue weighted by Crippen LogP contribution is -2.34. The van der Waals surface area contributed by atoms with Crippen molar-refractivity contribution in [2.75, 3.05) is 0 Å². The van der Waals surface area contributed by atoms with Crippen LogP contribution in [0.1, 0.15) is 79.6 Å². The Morgan fingerprint density at radius 3 is 1.62 bits per heavy atom. The van der Waals surface area contributed by atoms with Gasteiger partial charge in [-0.25, -0.2) is 0 Å². The Labute approximate surface area is 102 Å². The van der Waals surface area contributed by atoms with Gasteiger partial charge in [0.15, 0.2) is 0 Å². The minimum atomic E-state index is 0.631. The zero-order chi connectivity index (χ0) is 12.0. The van der Waals surface area contributed by atoms with Gasteiger partial charge in [0, 0.05) is 0 Å². The van der Waals surface area contributed by atoms with Gasteiger partial charge in [0.25, 0.3) is 0 Å². The molecule has 94 valence electrons. The number of hydrogen-bond donors (Lipinski definition) is 0. The molecule has 0 aromatic carbocycles. The fraction of sp³-hybridized carbons (Fsp3) is 1.00. The van der Waals surface area contributed by atoms with E-state index in [0.717, 1.165) is 11.3 Å². The molecule has 0 heterocycles. The van der Waals surface area contributed by atoms with Gasteiger partial charge < -0.3 is 0 Å². The fourth-order valence-corrected chi connectivity index (χ4v) is 4.15. The lowest BCUT2D eigenvalue weighted by Gasteiger charge is -2.46. The maximum atomic E-state index is 2.52. The Morgan fingerprint density at radius 1 is 0.750 bits per heavy atom. The molecule has 2 fully saturated rings. The summed E-state index contributed by atoms with van der Waals surface area (Å²) in [5, 5.41) is 0. The van der Waals surface area contributed by atoms with Crippen LogP contribution in [0.4, 0.5) is 0 Å². The fourth-order valence-electron chi connectivity index (χ4n) is 4.15. The summed E-state index contributed by atoms with van der Waals surface area (Å²) in [4.78, 5) is 0. The summed E-state index contributed by atoms with van der Waals surface area (Å²) in [6, 6.07) is 0. The molecule has 2 aliphatic carbocycles. The molecule has 0 N–H and O–H groups in total. The topological polar surface area (TPSA) is 0 Å². The van der Waals surface area contributed by atoms with E-state index in [1.165, 1.54) is 44.9 Å². The van der Waals surface area contributed by atoms with E-state index >= 15 is 0 Å². The molecule has 0 unspecified atom stereocenters. The van der Waals surface area contributed by atoms with Gasteiger partial charge in [-0.3, -0.25) is 0 Å². The first-order valence-corrected chi connectivity index (χ1v) is 7.27. The van der Waals surface area contributed by atoms with Crippen molar-refractivity contribution in [3.63, 3.8) is 0 Å². The summed E-state index contributed by atoms with van der Waals surface area (Å²) in [6.07, 6.45) is 10.4. The van der Waals surface area contributed by atoms with Crippen molar-refractivity contribution < 1.29 is 0 Å². The van der Waals surface area contributed by atoms with Crippen molar-refractivity contribution in [1.29, 1.82) is 0 Å². The molecule has 0 radical (unpaired) electrons. The molecule has 0 aliphatic heterocycles. The average Bonchev–Trinajstić information content (AvgIpc) is 2.48. The van der Waals surface area contributed by atoms with E-state index in [4.69, 9.17) is 0 Å². The monoisotopic (exact) mass is 222 g/mol. The van der Waals surface area contributed by atoms with Crippen LogP contribution in [-0.4, -0.2) is 0 Å². The van der Waals surface area contributed by atoms with Crippen molar-refractivity contribution in [3.05, 3.63) is 0 Å². The van der Waals surface area contributed by atoms with Gasteiger partial charge in [0.2, 0.25) is 0 Å². The Kier molecular flexibility index (Phi) is 2.92. The van der Waals surface area contributed by atoms with Crippen LogP contribution in [0.3, 0.4) is 0 Å². The smallest absolute Gasteiger partial charge is 0.0292 e. The summed E-state index contributed by atoms with van der Waals surface area (Å²) in [6.45, 7) is 12.3. The molecule has 0 atom stereocenters. The van der Waals surface area contributed by atoms with Crippen molar-refractivity contribution in [2.24, 2.45) is 22.2 Å². The number of hydrogen-bond acceptors (Lipinski definition) is 0. The Bertz CT molecular complexity index is 251. The average molecular weight is 222 g/mol. The molecule has 0 heteroatoms. The third-order valence-electron chi connectivity index (χ3n) is 6.03. The first-order valence-electron chi connectivity index (χ1n) is 7.27. The molecule has 0 amide bonds. The Morgan fingerprint density at radius 2 is 1.25 bits per heavy atom. The van der Waals surface area contributed by atoms with Gasteiger partial charge >= 0.3 is 0 Å². The summed E-state index contributed by atoms with van der Waals surface area (Å²) in [7, 11) is 0.